The van der Waals surface area contributed by atoms with Gasteiger partial charge in [0.1, 0.15) is 6.61 Å². The lowest BCUT2D eigenvalue weighted by Crippen LogP contribution is -1.99. The number of hydrogen-bond donors (Lipinski definition) is 0. The highest BCUT2D eigenvalue weighted by Gasteiger charge is 1.99. The molecular weight excluding hydrogens is 204 g/mol. The average Bonchev–Trinajstić information content (AvgIpc) is 2.38. The number of ether oxygens (including phenoxy) is 2. The van der Waals surface area contributed by atoms with Crippen molar-refractivity contribution in [2.45, 2.75) is 6.61 Å². The van der Waals surface area contributed by atoms with Crippen molar-refractivity contribution in [1.29, 1.82) is 0 Å². The van der Waals surface area contributed by atoms with E-state index in [1.807, 2.05) is 30.3 Å². The number of rotatable bonds is 4. The van der Waals surface area contributed by atoms with E-state index in [0.717, 1.165) is 5.56 Å². The smallest absolute Gasteiger partial charge is 0.319 e. The van der Waals surface area contributed by atoms with E-state index in [0.29, 0.717) is 18.5 Å². The van der Waals surface area contributed by atoms with Crippen LogP contribution in [0.15, 0.2) is 42.6 Å². The van der Waals surface area contributed by atoms with Crippen molar-refractivity contribution in [3.8, 4) is 11.9 Å². The molecule has 0 saturated carbocycles. The summed E-state index contributed by atoms with van der Waals surface area (Å²) in [7, 11) is 1.52. The van der Waals surface area contributed by atoms with Gasteiger partial charge in [-0.25, -0.2) is 4.98 Å². The van der Waals surface area contributed by atoms with E-state index >= 15 is 0 Å². The highest BCUT2D eigenvalue weighted by molar-refractivity contribution is 5.16. The monoisotopic (exact) mass is 216 g/mol. The van der Waals surface area contributed by atoms with Crippen molar-refractivity contribution < 1.29 is 9.47 Å². The fourth-order valence-electron chi connectivity index (χ4n) is 1.24. The largest absolute Gasteiger partial charge is 0.473 e. The topological polar surface area (TPSA) is 44.2 Å². The fraction of sp³-hybridized carbons (Fsp3) is 0.167. The van der Waals surface area contributed by atoms with Gasteiger partial charge in [0.05, 0.1) is 7.11 Å². The second kappa shape index (κ2) is 5.11. The van der Waals surface area contributed by atoms with Crippen molar-refractivity contribution in [2.75, 3.05) is 7.11 Å². The van der Waals surface area contributed by atoms with Crippen molar-refractivity contribution in [1.82, 2.24) is 9.97 Å². The molecule has 0 aliphatic heterocycles. The van der Waals surface area contributed by atoms with Crippen LogP contribution in [-0.4, -0.2) is 17.1 Å². The van der Waals surface area contributed by atoms with E-state index in [4.69, 9.17) is 9.47 Å². The summed E-state index contributed by atoms with van der Waals surface area (Å²) < 4.78 is 10.4. The van der Waals surface area contributed by atoms with Crippen LogP contribution in [-0.2, 0) is 6.61 Å². The van der Waals surface area contributed by atoms with Gasteiger partial charge in [0, 0.05) is 12.3 Å². The van der Waals surface area contributed by atoms with Gasteiger partial charge >= 0.3 is 6.01 Å². The highest BCUT2D eigenvalue weighted by atomic mass is 16.5. The molecule has 0 saturated heterocycles. The lowest BCUT2D eigenvalue weighted by atomic mass is 10.2. The van der Waals surface area contributed by atoms with Gasteiger partial charge < -0.3 is 9.47 Å². The molecule has 1 heterocycles. The molecule has 0 atom stereocenters. The Hall–Kier alpha value is -2.10. The standard InChI is InChI=1S/C12H12N2O2/c1-15-12-13-8-7-11(14-12)16-9-10-5-3-2-4-6-10/h2-8H,9H2,1H3. The molecule has 1 aromatic carbocycles. The minimum absolute atomic E-state index is 0.311. The molecule has 0 fully saturated rings. The van der Waals surface area contributed by atoms with Gasteiger partial charge in [-0.1, -0.05) is 30.3 Å². The minimum atomic E-state index is 0.311. The van der Waals surface area contributed by atoms with E-state index in [1.54, 1.807) is 12.3 Å². The van der Waals surface area contributed by atoms with Gasteiger partial charge in [-0.15, -0.1) is 0 Å². The highest BCUT2D eigenvalue weighted by Crippen LogP contribution is 2.11. The molecule has 1 aromatic heterocycles. The third-order valence-electron chi connectivity index (χ3n) is 2.02. The zero-order valence-corrected chi connectivity index (χ0v) is 8.96. The predicted octanol–water partition coefficient (Wildman–Crippen LogP) is 2.06. The van der Waals surface area contributed by atoms with Crippen LogP contribution in [0.4, 0.5) is 0 Å². The summed E-state index contributed by atoms with van der Waals surface area (Å²) in [5.41, 5.74) is 1.10. The van der Waals surface area contributed by atoms with E-state index in [2.05, 4.69) is 9.97 Å². The number of aromatic nitrogens is 2. The van der Waals surface area contributed by atoms with E-state index < -0.39 is 0 Å². The van der Waals surface area contributed by atoms with E-state index in [9.17, 15) is 0 Å². The number of methoxy groups -OCH3 is 1. The first-order valence-electron chi connectivity index (χ1n) is 4.92. The Morgan fingerprint density at radius 3 is 2.69 bits per heavy atom. The lowest BCUT2D eigenvalue weighted by molar-refractivity contribution is 0.284. The summed E-state index contributed by atoms with van der Waals surface area (Å²) >= 11 is 0. The predicted molar refractivity (Wildman–Crippen MR) is 59.4 cm³/mol. The van der Waals surface area contributed by atoms with Gasteiger partial charge in [0.25, 0.3) is 0 Å². The second-order valence-corrected chi connectivity index (χ2v) is 3.16. The SMILES string of the molecule is COc1nccc(OCc2ccccc2)n1. The third-order valence-corrected chi connectivity index (χ3v) is 2.02. The maximum atomic E-state index is 5.50. The molecule has 16 heavy (non-hydrogen) atoms. The van der Waals surface area contributed by atoms with Gasteiger partial charge in [-0.05, 0) is 5.56 Å². The number of benzene rings is 1. The zero-order valence-electron chi connectivity index (χ0n) is 8.96. The number of nitrogens with zero attached hydrogens (tertiary/aromatic N) is 2. The molecule has 4 heteroatoms. The summed E-state index contributed by atoms with van der Waals surface area (Å²) in [5, 5.41) is 0. The Morgan fingerprint density at radius 2 is 1.94 bits per heavy atom. The van der Waals surface area contributed by atoms with Crippen LogP contribution in [0.5, 0.6) is 11.9 Å². The maximum absolute atomic E-state index is 5.50. The third kappa shape index (κ3) is 2.70. The molecule has 0 aliphatic carbocycles. The summed E-state index contributed by atoms with van der Waals surface area (Å²) in [5.74, 6) is 0.510. The van der Waals surface area contributed by atoms with Crippen LogP contribution in [0.3, 0.4) is 0 Å². The minimum Gasteiger partial charge on any atom is -0.473 e. The molecule has 2 rings (SSSR count). The quantitative estimate of drug-likeness (QED) is 0.784. The van der Waals surface area contributed by atoms with Crippen molar-refractivity contribution >= 4 is 0 Å². The van der Waals surface area contributed by atoms with Crippen molar-refractivity contribution in [3.05, 3.63) is 48.2 Å². The fourth-order valence-corrected chi connectivity index (χ4v) is 1.24. The molecule has 4 nitrogen and oxygen atoms in total. The van der Waals surface area contributed by atoms with Crippen LogP contribution in [0.2, 0.25) is 0 Å². The van der Waals surface area contributed by atoms with E-state index in [1.165, 1.54) is 7.11 Å². The number of hydrogen-bond acceptors (Lipinski definition) is 4. The molecule has 0 unspecified atom stereocenters. The average molecular weight is 216 g/mol. The first-order chi connectivity index (χ1) is 7.88. The van der Waals surface area contributed by atoms with Gasteiger partial charge in [-0.2, -0.15) is 4.98 Å². The van der Waals surface area contributed by atoms with Gasteiger partial charge in [-0.3, -0.25) is 0 Å². The second-order valence-electron chi connectivity index (χ2n) is 3.16. The van der Waals surface area contributed by atoms with Crippen molar-refractivity contribution in [2.24, 2.45) is 0 Å². The molecule has 82 valence electrons. The first-order valence-corrected chi connectivity index (χ1v) is 4.92. The molecule has 0 radical (unpaired) electrons. The van der Waals surface area contributed by atoms with Crippen LogP contribution in [0.25, 0.3) is 0 Å². The van der Waals surface area contributed by atoms with Gasteiger partial charge in [0.15, 0.2) is 0 Å². The molecular formula is C12H12N2O2. The van der Waals surface area contributed by atoms with Crippen LogP contribution < -0.4 is 9.47 Å². The Bertz CT molecular complexity index is 446. The summed E-state index contributed by atoms with van der Waals surface area (Å²) in [6.45, 7) is 0.487. The first kappa shape index (κ1) is 10.4. The Labute approximate surface area is 93.9 Å². The summed E-state index contributed by atoms with van der Waals surface area (Å²) in [6, 6.07) is 11.9. The Kier molecular flexibility index (Phi) is 3.33. The normalized spacial score (nSPS) is 9.81. The molecule has 2 aromatic rings. The molecule has 0 aliphatic rings. The van der Waals surface area contributed by atoms with E-state index in [-0.39, 0.29) is 0 Å². The maximum Gasteiger partial charge on any atom is 0.319 e. The summed E-state index contributed by atoms with van der Waals surface area (Å²) in [6.07, 6.45) is 1.60. The molecule has 0 spiro atoms. The van der Waals surface area contributed by atoms with Crippen LogP contribution in [0.1, 0.15) is 5.56 Å². The zero-order chi connectivity index (χ0) is 11.2. The van der Waals surface area contributed by atoms with Crippen LogP contribution >= 0.6 is 0 Å². The molecule has 0 N–H and O–H groups in total. The van der Waals surface area contributed by atoms with Gasteiger partial charge in [0.2, 0.25) is 5.88 Å². The Balaban J connectivity index is 1.99. The summed E-state index contributed by atoms with van der Waals surface area (Å²) in [4.78, 5) is 7.95. The lowest BCUT2D eigenvalue weighted by Gasteiger charge is -2.05. The van der Waals surface area contributed by atoms with Crippen LogP contribution in [0, 0.1) is 0 Å². The van der Waals surface area contributed by atoms with Crippen molar-refractivity contribution in [3.63, 3.8) is 0 Å². The molecule has 0 bridgehead atoms. The Morgan fingerprint density at radius 1 is 1.12 bits per heavy atom. The molecule has 0 amide bonds.